The average Bonchev–Trinajstić information content (AvgIpc) is 2.44. The van der Waals surface area contributed by atoms with Crippen LogP contribution in [0.2, 0.25) is 0 Å². The van der Waals surface area contributed by atoms with Crippen molar-refractivity contribution in [2.45, 2.75) is 5.92 Å². The van der Waals surface area contributed by atoms with Crippen molar-refractivity contribution in [2.75, 3.05) is 11.9 Å². The van der Waals surface area contributed by atoms with Gasteiger partial charge < -0.3 is 10.4 Å². The fourth-order valence-corrected chi connectivity index (χ4v) is 2.24. The molecule has 1 atom stereocenters. The molecule has 20 heavy (non-hydrogen) atoms. The zero-order valence-corrected chi connectivity index (χ0v) is 12.1. The summed E-state index contributed by atoms with van der Waals surface area (Å²) in [5.41, 5.74) is 1.40. The molecule has 2 rings (SSSR count). The molecule has 2 N–H and O–H groups in total. The van der Waals surface area contributed by atoms with Crippen LogP contribution >= 0.6 is 15.9 Å². The van der Waals surface area contributed by atoms with Gasteiger partial charge in [-0.3, -0.25) is 4.79 Å². The number of benzene rings is 2. The second-order valence-corrected chi connectivity index (χ2v) is 5.17. The molecule has 0 aliphatic carbocycles. The molecule has 0 saturated carbocycles. The van der Waals surface area contributed by atoms with E-state index in [2.05, 4.69) is 21.2 Å². The van der Waals surface area contributed by atoms with Crippen LogP contribution in [0, 0.1) is 5.82 Å². The number of hydrogen-bond acceptors (Lipinski definition) is 2. The third-order valence-corrected chi connectivity index (χ3v) is 3.54. The molecule has 0 bridgehead atoms. The van der Waals surface area contributed by atoms with E-state index >= 15 is 0 Å². The number of nitrogens with one attached hydrogen (secondary N) is 1. The highest BCUT2D eigenvalue weighted by Gasteiger charge is 2.19. The Balaban J connectivity index is 2.10. The van der Waals surface area contributed by atoms with Gasteiger partial charge in [0.25, 0.3) is 0 Å². The van der Waals surface area contributed by atoms with Crippen molar-refractivity contribution < 1.29 is 14.3 Å². The molecule has 0 saturated heterocycles. The largest absolute Gasteiger partial charge is 0.481 e. The molecular weight excluding hydrogens is 325 g/mol. The number of anilines is 1. The monoisotopic (exact) mass is 337 g/mol. The summed E-state index contributed by atoms with van der Waals surface area (Å²) in [5.74, 6) is -1.90. The molecular formula is C15H13BrFNO2. The van der Waals surface area contributed by atoms with Gasteiger partial charge in [0.1, 0.15) is 5.82 Å². The van der Waals surface area contributed by atoms with Crippen LogP contribution in [-0.4, -0.2) is 17.6 Å². The normalized spacial score (nSPS) is 11.9. The standard InChI is InChI=1S/C15H13BrFNO2/c16-13-8-11(6-7-14(13)17)18-9-12(15(19)20)10-4-2-1-3-5-10/h1-8,12,18H,9H2,(H,19,20). The lowest BCUT2D eigenvalue weighted by atomic mass is 9.99. The predicted octanol–water partition coefficient (Wildman–Crippen LogP) is 3.87. The molecule has 2 aromatic carbocycles. The molecule has 0 radical (unpaired) electrons. The first-order valence-electron chi connectivity index (χ1n) is 6.04. The van der Waals surface area contributed by atoms with Gasteiger partial charge in [0.05, 0.1) is 10.4 Å². The maximum Gasteiger partial charge on any atom is 0.312 e. The highest BCUT2D eigenvalue weighted by Crippen LogP contribution is 2.22. The lowest BCUT2D eigenvalue weighted by molar-refractivity contribution is -0.138. The van der Waals surface area contributed by atoms with Crippen molar-refractivity contribution in [2.24, 2.45) is 0 Å². The van der Waals surface area contributed by atoms with Crippen LogP contribution in [0.25, 0.3) is 0 Å². The Bertz CT molecular complexity index is 604. The van der Waals surface area contributed by atoms with E-state index < -0.39 is 11.9 Å². The van der Waals surface area contributed by atoms with Gasteiger partial charge >= 0.3 is 5.97 Å². The van der Waals surface area contributed by atoms with Gasteiger partial charge in [0.15, 0.2) is 0 Å². The minimum Gasteiger partial charge on any atom is -0.481 e. The van der Waals surface area contributed by atoms with E-state index in [4.69, 9.17) is 0 Å². The second-order valence-electron chi connectivity index (χ2n) is 4.31. The van der Waals surface area contributed by atoms with Crippen LogP contribution in [0.4, 0.5) is 10.1 Å². The van der Waals surface area contributed by atoms with E-state index in [0.717, 1.165) is 5.56 Å². The zero-order valence-electron chi connectivity index (χ0n) is 10.5. The fraction of sp³-hybridized carbons (Fsp3) is 0.133. The zero-order chi connectivity index (χ0) is 14.5. The van der Waals surface area contributed by atoms with E-state index in [-0.39, 0.29) is 12.4 Å². The molecule has 0 amide bonds. The second kappa shape index (κ2) is 6.52. The summed E-state index contributed by atoms with van der Waals surface area (Å²) in [5, 5.41) is 12.3. The molecule has 0 aromatic heterocycles. The van der Waals surface area contributed by atoms with Crippen LogP contribution in [-0.2, 0) is 4.79 Å². The van der Waals surface area contributed by atoms with Gasteiger partial charge in [-0.05, 0) is 39.7 Å². The van der Waals surface area contributed by atoms with Crippen LogP contribution < -0.4 is 5.32 Å². The minimum absolute atomic E-state index is 0.234. The first-order chi connectivity index (χ1) is 9.58. The van der Waals surface area contributed by atoms with Crippen LogP contribution in [0.5, 0.6) is 0 Å². The highest BCUT2D eigenvalue weighted by atomic mass is 79.9. The maximum atomic E-state index is 13.1. The van der Waals surface area contributed by atoms with E-state index in [0.29, 0.717) is 10.2 Å². The summed E-state index contributed by atoms with van der Waals surface area (Å²) in [6, 6.07) is 13.5. The summed E-state index contributed by atoms with van der Waals surface area (Å²) < 4.78 is 13.5. The number of carbonyl (C=O) groups is 1. The van der Waals surface area contributed by atoms with Gasteiger partial charge in [0.2, 0.25) is 0 Å². The Morgan fingerprint density at radius 2 is 1.95 bits per heavy atom. The number of carboxylic acid groups (broad SMARTS) is 1. The van der Waals surface area contributed by atoms with Gasteiger partial charge in [-0.1, -0.05) is 30.3 Å². The van der Waals surface area contributed by atoms with Gasteiger partial charge in [-0.15, -0.1) is 0 Å². The smallest absolute Gasteiger partial charge is 0.312 e. The Labute approximate surface area is 124 Å². The Morgan fingerprint density at radius 1 is 1.25 bits per heavy atom. The molecule has 0 fully saturated rings. The van der Waals surface area contributed by atoms with E-state index in [9.17, 15) is 14.3 Å². The minimum atomic E-state index is -0.898. The molecule has 0 spiro atoms. The highest BCUT2D eigenvalue weighted by molar-refractivity contribution is 9.10. The van der Waals surface area contributed by atoms with E-state index in [1.54, 1.807) is 36.4 Å². The third kappa shape index (κ3) is 3.57. The molecule has 104 valence electrons. The van der Waals surface area contributed by atoms with Gasteiger partial charge in [-0.25, -0.2) is 4.39 Å². The summed E-state index contributed by atoms with van der Waals surface area (Å²) >= 11 is 3.10. The Kier molecular flexibility index (Phi) is 4.74. The van der Waals surface area contributed by atoms with E-state index in [1.807, 2.05) is 6.07 Å². The van der Waals surface area contributed by atoms with Crippen LogP contribution in [0.15, 0.2) is 53.0 Å². The summed E-state index contributed by atoms with van der Waals surface area (Å²) in [4.78, 5) is 11.3. The molecule has 5 heteroatoms. The van der Waals surface area contributed by atoms with Crippen molar-refractivity contribution in [3.63, 3.8) is 0 Å². The average molecular weight is 338 g/mol. The molecule has 2 aromatic rings. The van der Waals surface area contributed by atoms with Crippen molar-refractivity contribution in [3.05, 3.63) is 64.4 Å². The SMILES string of the molecule is O=C(O)C(CNc1ccc(F)c(Br)c1)c1ccccc1. The number of rotatable bonds is 5. The predicted molar refractivity (Wildman–Crippen MR) is 79.4 cm³/mol. The third-order valence-electron chi connectivity index (χ3n) is 2.93. The molecule has 0 aliphatic heterocycles. The molecule has 0 aliphatic rings. The number of hydrogen-bond donors (Lipinski definition) is 2. The summed E-state index contributed by atoms with van der Waals surface area (Å²) in [6.45, 7) is 0.234. The summed E-state index contributed by atoms with van der Waals surface area (Å²) in [6.07, 6.45) is 0. The van der Waals surface area contributed by atoms with Crippen molar-refractivity contribution >= 4 is 27.6 Å². The van der Waals surface area contributed by atoms with Crippen LogP contribution in [0.3, 0.4) is 0 Å². The molecule has 1 unspecified atom stereocenters. The van der Waals surface area contributed by atoms with Crippen LogP contribution in [0.1, 0.15) is 11.5 Å². The lowest BCUT2D eigenvalue weighted by Crippen LogP contribution is -2.20. The first kappa shape index (κ1) is 14.5. The lowest BCUT2D eigenvalue weighted by Gasteiger charge is -2.15. The summed E-state index contributed by atoms with van der Waals surface area (Å²) in [7, 11) is 0. The number of carboxylic acids is 1. The Hall–Kier alpha value is -1.88. The van der Waals surface area contributed by atoms with Crippen molar-refractivity contribution in [3.8, 4) is 0 Å². The maximum absolute atomic E-state index is 13.1. The van der Waals surface area contributed by atoms with Gasteiger partial charge in [-0.2, -0.15) is 0 Å². The molecule has 0 heterocycles. The van der Waals surface area contributed by atoms with Crippen molar-refractivity contribution in [1.82, 2.24) is 0 Å². The topological polar surface area (TPSA) is 49.3 Å². The van der Waals surface area contributed by atoms with E-state index in [1.165, 1.54) is 6.07 Å². The van der Waals surface area contributed by atoms with Gasteiger partial charge in [0, 0.05) is 12.2 Å². The fourth-order valence-electron chi connectivity index (χ4n) is 1.86. The first-order valence-corrected chi connectivity index (χ1v) is 6.84. The quantitative estimate of drug-likeness (QED) is 0.870. The number of halogens is 2. The number of aliphatic carboxylic acids is 1. The Morgan fingerprint density at radius 3 is 2.55 bits per heavy atom. The molecule has 3 nitrogen and oxygen atoms in total. The van der Waals surface area contributed by atoms with Crippen molar-refractivity contribution in [1.29, 1.82) is 0 Å².